The second-order valence-corrected chi connectivity index (χ2v) is 4.61. The van der Waals surface area contributed by atoms with Crippen molar-refractivity contribution in [2.24, 2.45) is 0 Å². The van der Waals surface area contributed by atoms with Gasteiger partial charge in [-0.15, -0.1) is 11.6 Å². The van der Waals surface area contributed by atoms with Crippen molar-refractivity contribution >= 4 is 11.6 Å². The molecule has 1 aromatic heterocycles. The van der Waals surface area contributed by atoms with Crippen LogP contribution in [-0.2, 0) is 21.8 Å². The van der Waals surface area contributed by atoms with Crippen molar-refractivity contribution < 1.29 is 9.47 Å². The molecule has 18 heavy (non-hydrogen) atoms. The van der Waals surface area contributed by atoms with Crippen LogP contribution in [0.3, 0.4) is 0 Å². The zero-order chi connectivity index (χ0) is 13.4. The predicted molar refractivity (Wildman–Crippen MR) is 72.1 cm³/mol. The highest BCUT2D eigenvalue weighted by Gasteiger charge is 2.09. The minimum absolute atomic E-state index is 0.356. The van der Waals surface area contributed by atoms with Gasteiger partial charge in [0.2, 0.25) is 0 Å². The molecule has 0 aliphatic carbocycles. The molecule has 0 N–H and O–H groups in total. The largest absolute Gasteiger partial charge is 0.382 e. The molecule has 1 rings (SSSR count). The molecule has 0 aromatic carbocycles. The Bertz CT molecular complexity index is 359. The van der Waals surface area contributed by atoms with Crippen molar-refractivity contribution in [2.75, 3.05) is 26.9 Å². The van der Waals surface area contributed by atoms with Crippen LogP contribution in [0.5, 0.6) is 0 Å². The van der Waals surface area contributed by atoms with Gasteiger partial charge in [0.05, 0.1) is 31.4 Å². The third kappa shape index (κ3) is 4.88. The van der Waals surface area contributed by atoms with Crippen LogP contribution in [0, 0.1) is 0 Å². The number of methoxy groups -OCH3 is 1. The first-order valence-electron chi connectivity index (χ1n) is 6.16. The van der Waals surface area contributed by atoms with Crippen LogP contribution < -0.4 is 0 Å². The molecule has 1 heterocycles. The summed E-state index contributed by atoms with van der Waals surface area (Å²) in [6.07, 6.45) is 2.53. The van der Waals surface area contributed by atoms with E-state index in [9.17, 15) is 0 Å². The van der Waals surface area contributed by atoms with Crippen LogP contribution in [0.15, 0.2) is 6.20 Å². The Balaban J connectivity index is 2.53. The van der Waals surface area contributed by atoms with Gasteiger partial charge in [-0.3, -0.25) is 0 Å². The molecule has 0 aliphatic heterocycles. The fraction of sp³-hybridized carbons (Fsp3) is 0.692. The lowest BCUT2D eigenvalue weighted by atomic mass is 10.1. The minimum atomic E-state index is 0.356. The number of alkyl halides is 1. The van der Waals surface area contributed by atoms with Crippen molar-refractivity contribution in [3.63, 3.8) is 0 Å². The third-order valence-corrected chi connectivity index (χ3v) is 2.83. The minimum Gasteiger partial charge on any atom is -0.382 e. The Morgan fingerprint density at radius 1 is 1.28 bits per heavy atom. The summed E-state index contributed by atoms with van der Waals surface area (Å²) in [6, 6.07) is 0. The smallest absolute Gasteiger partial charge is 0.130 e. The fourth-order valence-corrected chi connectivity index (χ4v) is 1.80. The molecule has 0 unspecified atom stereocenters. The molecule has 0 bridgehead atoms. The number of halogens is 1. The highest BCUT2D eigenvalue weighted by atomic mass is 35.5. The van der Waals surface area contributed by atoms with Gasteiger partial charge in [0.1, 0.15) is 5.82 Å². The standard InChI is InChI=1S/C13H21ClN2O2/c1-10(2)13-11(8-14)9-15-12(16-13)4-5-18-7-6-17-3/h9-10H,4-8H2,1-3H3. The summed E-state index contributed by atoms with van der Waals surface area (Å²) < 4.78 is 10.3. The molecule has 0 saturated heterocycles. The Morgan fingerprint density at radius 2 is 2.06 bits per heavy atom. The molecular formula is C13H21ClN2O2. The topological polar surface area (TPSA) is 44.2 Å². The van der Waals surface area contributed by atoms with Gasteiger partial charge < -0.3 is 9.47 Å². The molecule has 102 valence electrons. The Hall–Kier alpha value is -0.710. The van der Waals surface area contributed by atoms with E-state index in [1.54, 1.807) is 7.11 Å². The molecule has 0 atom stereocenters. The monoisotopic (exact) mass is 272 g/mol. The quantitative estimate of drug-likeness (QED) is 0.539. The normalized spacial score (nSPS) is 11.2. The van der Waals surface area contributed by atoms with E-state index >= 15 is 0 Å². The molecule has 0 saturated carbocycles. The van der Waals surface area contributed by atoms with Crippen molar-refractivity contribution in [3.05, 3.63) is 23.3 Å². The summed E-state index contributed by atoms with van der Waals surface area (Å²) in [4.78, 5) is 8.86. The lowest BCUT2D eigenvalue weighted by Gasteiger charge is -2.11. The van der Waals surface area contributed by atoms with Gasteiger partial charge in [-0.1, -0.05) is 13.8 Å². The van der Waals surface area contributed by atoms with Crippen LogP contribution in [-0.4, -0.2) is 36.9 Å². The van der Waals surface area contributed by atoms with E-state index in [4.69, 9.17) is 21.1 Å². The Labute approximate surface area is 114 Å². The highest BCUT2D eigenvalue weighted by Crippen LogP contribution is 2.18. The number of ether oxygens (including phenoxy) is 2. The van der Waals surface area contributed by atoms with Gasteiger partial charge in [0, 0.05) is 25.3 Å². The van der Waals surface area contributed by atoms with Gasteiger partial charge in [0.25, 0.3) is 0 Å². The van der Waals surface area contributed by atoms with Crippen molar-refractivity contribution in [3.8, 4) is 0 Å². The van der Waals surface area contributed by atoms with Crippen molar-refractivity contribution in [1.82, 2.24) is 9.97 Å². The van der Waals surface area contributed by atoms with E-state index in [0.29, 0.717) is 38.0 Å². The van der Waals surface area contributed by atoms with E-state index in [2.05, 4.69) is 23.8 Å². The van der Waals surface area contributed by atoms with Crippen LogP contribution in [0.25, 0.3) is 0 Å². The average molecular weight is 273 g/mol. The summed E-state index contributed by atoms with van der Waals surface area (Å²) in [5.41, 5.74) is 2.04. The summed E-state index contributed by atoms with van der Waals surface area (Å²) in [5.74, 6) is 1.62. The summed E-state index contributed by atoms with van der Waals surface area (Å²) >= 11 is 5.87. The predicted octanol–water partition coefficient (Wildman–Crippen LogP) is 2.54. The molecule has 0 spiro atoms. The molecular weight excluding hydrogens is 252 g/mol. The van der Waals surface area contributed by atoms with E-state index in [-0.39, 0.29) is 0 Å². The lowest BCUT2D eigenvalue weighted by molar-refractivity contribution is 0.0716. The first-order chi connectivity index (χ1) is 8.69. The zero-order valence-corrected chi connectivity index (χ0v) is 12.0. The van der Waals surface area contributed by atoms with Crippen LogP contribution in [0.2, 0.25) is 0 Å². The van der Waals surface area contributed by atoms with Gasteiger partial charge in [-0.05, 0) is 5.92 Å². The number of nitrogens with zero attached hydrogens (tertiary/aromatic N) is 2. The van der Waals surface area contributed by atoms with Gasteiger partial charge in [0.15, 0.2) is 0 Å². The van der Waals surface area contributed by atoms with Gasteiger partial charge in [-0.25, -0.2) is 9.97 Å². The van der Waals surface area contributed by atoms with E-state index in [0.717, 1.165) is 17.1 Å². The Kier molecular flexibility index (Phi) is 7.16. The second-order valence-electron chi connectivity index (χ2n) is 4.34. The summed E-state index contributed by atoms with van der Waals surface area (Å²) in [6.45, 7) is 6.05. The molecule has 0 amide bonds. The molecule has 0 radical (unpaired) electrons. The lowest BCUT2D eigenvalue weighted by Crippen LogP contribution is -2.09. The molecule has 0 aliphatic rings. The van der Waals surface area contributed by atoms with Crippen LogP contribution >= 0.6 is 11.6 Å². The van der Waals surface area contributed by atoms with Crippen molar-refractivity contribution in [2.45, 2.75) is 32.1 Å². The van der Waals surface area contributed by atoms with Gasteiger partial charge in [-0.2, -0.15) is 0 Å². The van der Waals surface area contributed by atoms with Crippen molar-refractivity contribution in [1.29, 1.82) is 0 Å². The average Bonchev–Trinajstić information content (AvgIpc) is 2.38. The fourth-order valence-electron chi connectivity index (χ4n) is 1.59. The first-order valence-corrected chi connectivity index (χ1v) is 6.69. The van der Waals surface area contributed by atoms with E-state index in [1.807, 2.05) is 6.20 Å². The summed E-state index contributed by atoms with van der Waals surface area (Å²) in [7, 11) is 1.66. The maximum absolute atomic E-state index is 5.87. The summed E-state index contributed by atoms with van der Waals surface area (Å²) in [5, 5.41) is 0. The Morgan fingerprint density at radius 3 is 2.67 bits per heavy atom. The number of hydrogen-bond acceptors (Lipinski definition) is 4. The third-order valence-electron chi connectivity index (χ3n) is 2.54. The SMILES string of the molecule is COCCOCCc1ncc(CCl)c(C(C)C)n1. The second kappa shape index (κ2) is 8.40. The van der Waals surface area contributed by atoms with E-state index < -0.39 is 0 Å². The molecule has 1 aromatic rings. The number of aromatic nitrogens is 2. The molecule has 0 fully saturated rings. The number of rotatable bonds is 8. The molecule has 4 nitrogen and oxygen atoms in total. The van der Waals surface area contributed by atoms with E-state index in [1.165, 1.54) is 0 Å². The number of hydrogen-bond donors (Lipinski definition) is 0. The first kappa shape index (κ1) is 15.3. The van der Waals surface area contributed by atoms with Crippen LogP contribution in [0.4, 0.5) is 0 Å². The van der Waals surface area contributed by atoms with Gasteiger partial charge >= 0.3 is 0 Å². The maximum Gasteiger partial charge on any atom is 0.130 e. The zero-order valence-electron chi connectivity index (χ0n) is 11.3. The van der Waals surface area contributed by atoms with Crippen LogP contribution in [0.1, 0.15) is 36.8 Å². The maximum atomic E-state index is 5.87. The highest BCUT2D eigenvalue weighted by molar-refractivity contribution is 6.17. The molecule has 5 heteroatoms.